The minimum absolute atomic E-state index is 0.104. The van der Waals surface area contributed by atoms with E-state index in [9.17, 15) is 5.11 Å². The molecule has 0 spiro atoms. The first-order valence-electron chi connectivity index (χ1n) is 5.13. The van der Waals surface area contributed by atoms with Crippen LogP contribution in [-0.4, -0.2) is 17.8 Å². The molecule has 0 aromatic carbocycles. The van der Waals surface area contributed by atoms with E-state index in [1.54, 1.807) is 7.11 Å². The van der Waals surface area contributed by atoms with E-state index in [0.717, 1.165) is 17.7 Å². The van der Waals surface area contributed by atoms with Gasteiger partial charge in [0.1, 0.15) is 0 Å². The zero-order chi connectivity index (χ0) is 10.9. The second-order valence-electron chi connectivity index (χ2n) is 4.09. The fourth-order valence-corrected chi connectivity index (χ4v) is 3.22. The van der Waals surface area contributed by atoms with Gasteiger partial charge >= 0.3 is 0 Å². The van der Waals surface area contributed by atoms with Crippen LogP contribution in [0.25, 0.3) is 0 Å². The zero-order valence-electron chi connectivity index (χ0n) is 8.70. The van der Waals surface area contributed by atoms with Crippen molar-refractivity contribution < 1.29 is 9.84 Å². The highest BCUT2D eigenvalue weighted by Crippen LogP contribution is 2.43. The van der Waals surface area contributed by atoms with Gasteiger partial charge in [0, 0.05) is 13.5 Å². The maximum Gasteiger partial charge on any atom is 0.0924 e. The summed E-state index contributed by atoms with van der Waals surface area (Å²) in [6.07, 6.45) is 3.45. The minimum atomic E-state index is -0.488. The molecule has 1 fully saturated rings. The lowest BCUT2D eigenvalue weighted by Gasteiger charge is -2.41. The number of hydrogen-bond acceptors (Lipinski definition) is 3. The molecule has 1 N–H and O–H groups in total. The van der Waals surface area contributed by atoms with E-state index in [2.05, 4.69) is 0 Å². The van der Waals surface area contributed by atoms with Gasteiger partial charge in [-0.3, -0.25) is 0 Å². The summed E-state index contributed by atoms with van der Waals surface area (Å²) in [4.78, 5) is 0.861. The summed E-state index contributed by atoms with van der Waals surface area (Å²) in [5, 5.41) is 12.6. The SMILES string of the molecule is COC1(CC(O)c2sccc2Cl)CCC1. The number of halogens is 1. The monoisotopic (exact) mass is 246 g/mol. The summed E-state index contributed by atoms with van der Waals surface area (Å²) < 4.78 is 5.48. The summed E-state index contributed by atoms with van der Waals surface area (Å²) in [5.41, 5.74) is -0.104. The van der Waals surface area contributed by atoms with Crippen LogP contribution < -0.4 is 0 Å². The molecule has 1 unspecified atom stereocenters. The summed E-state index contributed by atoms with van der Waals surface area (Å²) in [5.74, 6) is 0. The quantitative estimate of drug-likeness (QED) is 0.883. The second-order valence-corrected chi connectivity index (χ2v) is 5.45. The minimum Gasteiger partial charge on any atom is -0.387 e. The van der Waals surface area contributed by atoms with Crippen LogP contribution in [0.1, 0.15) is 36.7 Å². The molecule has 0 amide bonds. The largest absolute Gasteiger partial charge is 0.387 e. The summed E-state index contributed by atoms with van der Waals surface area (Å²) in [6, 6.07) is 1.82. The Kier molecular flexibility index (Phi) is 3.36. The normalized spacial score (nSPS) is 21.0. The Labute approximate surface area is 98.8 Å². The Morgan fingerprint density at radius 1 is 1.67 bits per heavy atom. The molecule has 0 radical (unpaired) electrons. The average molecular weight is 247 g/mol. The van der Waals surface area contributed by atoms with Gasteiger partial charge in [-0.05, 0) is 30.7 Å². The maximum atomic E-state index is 10.1. The molecule has 1 atom stereocenters. The van der Waals surface area contributed by atoms with Gasteiger partial charge in [0.05, 0.1) is 21.6 Å². The van der Waals surface area contributed by atoms with Crippen LogP contribution in [0.3, 0.4) is 0 Å². The van der Waals surface area contributed by atoms with E-state index < -0.39 is 6.10 Å². The van der Waals surface area contributed by atoms with E-state index in [1.807, 2.05) is 11.4 Å². The van der Waals surface area contributed by atoms with Crippen molar-refractivity contribution in [3.05, 3.63) is 21.3 Å². The van der Waals surface area contributed by atoms with Crippen LogP contribution in [-0.2, 0) is 4.74 Å². The lowest BCUT2D eigenvalue weighted by Crippen LogP contribution is -2.40. The molecule has 0 bridgehead atoms. The van der Waals surface area contributed by atoms with Crippen LogP contribution >= 0.6 is 22.9 Å². The number of hydrogen-bond donors (Lipinski definition) is 1. The third kappa shape index (κ3) is 2.21. The van der Waals surface area contributed by atoms with E-state index in [4.69, 9.17) is 16.3 Å². The van der Waals surface area contributed by atoms with Gasteiger partial charge in [-0.15, -0.1) is 11.3 Å². The lowest BCUT2D eigenvalue weighted by atomic mass is 9.76. The molecule has 0 saturated heterocycles. The molecule has 15 heavy (non-hydrogen) atoms. The van der Waals surface area contributed by atoms with E-state index in [-0.39, 0.29) is 5.60 Å². The van der Waals surface area contributed by atoms with Gasteiger partial charge in [0.15, 0.2) is 0 Å². The van der Waals surface area contributed by atoms with Crippen molar-refractivity contribution in [3.63, 3.8) is 0 Å². The predicted molar refractivity (Wildman–Crippen MR) is 62.5 cm³/mol. The number of aliphatic hydroxyl groups excluding tert-OH is 1. The number of ether oxygens (including phenoxy) is 1. The lowest BCUT2D eigenvalue weighted by molar-refractivity contribution is -0.0994. The van der Waals surface area contributed by atoms with Crippen LogP contribution in [0, 0.1) is 0 Å². The standard InChI is InChI=1S/C11H15ClO2S/c1-14-11(4-2-5-11)7-9(13)10-8(12)3-6-15-10/h3,6,9,13H,2,4-5,7H2,1H3. The second kappa shape index (κ2) is 4.42. The zero-order valence-corrected chi connectivity index (χ0v) is 10.3. The Balaban J connectivity index is 2.03. The maximum absolute atomic E-state index is 10.1. The molecule has 1 aliphatic rings. The Hall–Kier alpha value is -0.0900. The van der Waals surface area contributed by atoms with E-state index in [1.165, 1.54) is 17.8 Å². The van der Waals surface area contributed by atoms with Gasteiger partial charge < -0.3 is 9.84 Å². The highest BCUT2D eigenvalue weighted by atomic mass is 35.5. The van der Waals surface area contributed by atoms with Gasteiger partial charge in [0.2, 0.25) is 0 Å². The fourth-order valence-electron chi connectivity index (χ4n) is 2.05. The third-order valence-corrected chi connectivity index (χ3v) is 4.67. The average Bonchev–Trinajstić information content (AvgIpc) is 2.58. The van der Waals surface area contributed by atoms with Crippen molar-refractivity contribution in [1.29, 1.82) is 0 Å². The molecule has 4 heteroatoms. The van der Waals surface area contributed by atoms with E-state index >= 15 is 0 Å². The predicted octanol–water partition coefficient (Wildman–Crippen LogP) is 3.39. The smallest absolute Gasteiger partial charge is 0.0924 e. The molecular formula is C11H15ClO2S. The highest BCUT2D eigenvalue weighted by molar-refractivity contribution is 7.10. The van der Waals surface area contributed by atoms with Crippen LogP contribution in [0.5, 0.6) is 0 Å². The topological polar surface area (TPSA) is 29.5 Å². The van der Waals surface area contributed by atoms with Gasteiger partial charge in [-0.2, -0.15) is 0 Å². The van der Waals surface area contributed by atoms with Crippen LogP contribution in [0.2, 0.25) is 5.02 Å². The molecule has 0 aliphatic heterocycles. The van der Waals surface area contributed by atoms with Crippen molar-refractivity contribution >= 4 is 22.9 Å². The fraction of sp³-hybridized carbons (Fsp3) is 0.636. The first-order chi connectivity index (χ1) is 7.17. The number of thiophene rings is 1. The molecular weight excluding hydrogens is 232 g/mol. The number of methoxy groups -OCH3 is 1. The molecule has 1 aromatic rings. The van der Waals surface area contributed by atoms with Gasteiger partial charge in [0.25, 0.3) is 0 Å². The van der Waals surface area contributed by atoms with Crippen LogP contribution in [0.4, 0.5) is 0 Å². The number of rotatable bonds is 4. The van der Waals surface area contributed by atoms with E-state index in [0.29, 0.717) is 11.4 Å². The Morgan fingerprint density at radius 2 is 2.40 bits per heavy atom. The third-order valence-electron chi connectivity index (χ3n) is 3.21. The first kappa shape index (κ1) is 11.4. The summed E-state index contributed by atoms with van der Waals surface area (Å²) in [6.45, 7) is 0. The molecule has 1 aromatic heterocycles. The van der Waals surface area contributed by atoms with Crippen molar-refractivity contribution in [1.82, 2.24) is 0 Å². The summed E-state index contributed by atoms with van der Waals surface area (Å²) >= 11 is 7.48. The van der Waals surface area contributed by atoms with Gasteiger partial charge in [-0.1, -0.05) is 11.6 Å². The Morgan fingerprint density at radius 3 is 2.80 bits per heavy atom. The highest BCUT2D eigenvalue weighted by Gasteiger charge is 2.39. The number of aliphatic hydroxyl groups is 1. The summed E-state index contributed by atoms with van der Waals surface area (Å²) in [7, 11) is 1.72. The van der Waals surface area contributed by atoms with Crippen molar-refractivity contribution in [2.24, 2.45) is 0 Å². The van der Waals surface area contributed by atoms with Crippen molar-refractivity contribution in [2.45, 2.75) is 37.4 Å². The molecule has 1 aliphatic carbocycles. The Bertz CT molecular complexity index is 328. The molecule has 2 rings (SSSR count). The first-order valence-corrected chi connectivity index (χ1v) is 6.39. The molecule has 1 heterocycles. The van der Waals surface area contributed by atoms with Crippen molar-refractivity contribution in [3.8, 4) is 0 Å². The van der Waals surface area contributed by atoms with Crippen molar-refractivity contribution in [2.75, 3.05) is 7.11 Å². The molecule has 84 valence electrons. The van der Waals surface area contributed by atoms with Crippen LogP contribution in [0.15, 0.2) is 11.4 Å². The molecule has 1 saturated carbocycles. The molecule has 2 nitrogen and oxygen atoms in total. The van der Waals surface area contributed by atoms with Gasteiger partial charge in [-0.25, -0.2) is 0 Å².